The molecule has 0 aliphatic rings. The van der Waals surface area contributed by atoms with Crippen molar-refractivity contribution in [2.75, 3.05) is 11.7 Å². The van der Waals surface area contributed by atoms with Crippen LogP contribution in [0.1, 0.15) is 12.5 Å². The van der Waals surface area contributed by atoms with Gasteiger partial charge in [-0.1, -0.05) is 12.1 Å². The van der Waals surface area contributed by atoms with Crippen molar-refractivity contribution < 1.29 is 27.5 Å². The molecular weight excluding hydrogens is 331 g/mol. The van der Waals surface area contributed by atoms with E-state index in [0.717, 1.165) is 6.20 Å². The fraction of sp³-hybridized carbons (Fsp3) is 0.231. The minimum atomic E-state index is -4.23. The maximum atomic E-state index is 13.6. The first-order chi connectivity index (χ1) is 10.9. The van der Waals surface area contributed by atoms with Gasteiger partial charge in [-0.3, -0.25) is 9.61 Å². The largest absolute Gasteiger partial charge is 0.459 e. The maximum absolute atomic E-state index is 13.6. The van der Waals surface area contributed by atoms with E-state index in [2.05, 4.69) is 14.5 Å². The fourth-order valence-corrected chi connectivity index (χ4v) is 2.45. The third-order valence-corrected chi connectivity index (χ3v) is 3.63. The summed E-state index contributed by atoms with van der Waals surface area (Å²) in [5.41, 5.74) is 0.523. The van der Waals surface area contributed by atoms with Gasteiger partial charge in [0.15, 0.2) is 11.6 Å². The molecule has 23 heavy (non-hydrogen) atoms. The van der Waals surface area contributed by atoms with Crippen molar-refractivity contribution in [3.05, 3.63) is 47.7 Å². The van der Waals surface area contributed by atoms with E-state index in [1.807, 2.05) is 5.09 Å². The van der Waals surface area contributed by atoms with E-state index in [-0.39, 0.29) is 19.2 Å². The van der Waals surface area contributed by atoms with Gasteiger partial charge in [-0.2, -0.15) is 4.98 Å². The van der Waals surface area contributed by atoms with Gasteiger partial charge in [-0.05, 0) is 24.6 Å². The molecule has 7 nitrogen and oxygen atoms in total. The molecule has 2 rings (SSSR count). The van der Waals surface area contributed by atoms with Crippen molar-refractivity contribution in [2.45, 2.75) is 13.5 Å². The molecule has 0 fully saturated rings. The zero-order valence-electron chi connectivity index (χ0n) is 12.1. The second-order valence-electron chi connectivity index (χ2n) is 4.32. The molecule has 0 spiro atoms. The zero-order chi connectivity index (χ0) is 16.9. The normalized spacial score (nSPS) is 13.4. The smallest absolute Gasteiger partial charge is 0.431 e. The molecule has 0 aliphatic heterocycles. The molecule has 0 aliphatic carbocycles. The van der Waals surface area contributed by atoms with Crippen LogP contribution < -0.4 is 9.82 Å². The predicted octanol–water partition coefficient (Wildman–Crippen LogP) is 2.88. The Morgan fingerprint density at radius 2 is 2.17 bits per heavy atom. The molecule has 1 heterocycles. The zero-order valence-corrected chi connectivity index (χ0v) is 13.0. The Kier molecular flexibility index (Phi) is 5.59. The molecule has 0 saturated heterocycles. The summed E-state index contributed by atoms with van der Waals surface area (Å²) in [6, 6.07) is 5.45. The Labute approximate surface area is 130 Å². The van der Waals surface area contributed by atoms with Gasteiger partial charge in [0.2, 0.25) is 0 Å². The van der Waals surface area contributed by atoms with Gasteiger partial charge in [-0.25, -0.2) is 18.3 Å². The maximum Gasteiger partial charge on any atom is 0.431 e. The lowest BCUT2D eigenvalue weighted by atomic mass is 10.2. The molecule has 1 aromatic carbocycles. The summed E-state index contributed by atoms with van der Waals surface area (Å²) in [7, 11) is -4.23. The van der Waals surface area contributed by atoms with Crippen molar-refractivity contribution in [3.8, 4) is 6.01 Å². The lowest BCUT2D eigenvalue weighted by molar-refractivity contribution is 0.276. The molecule has 2 N–H and O–H groups in total. The van der Waals surface area contributed by atoms with E-state index in [9.17, 15) is 18.2 Å². The van der Waals surface area contributed by atoms with Crippen LogP contribution in [0, 0.1) is 11.6 Å². The summed E-state index contributed by atoms with van der Waals surface area (Å²) >= 11 is 0. The lowest BCUT2D eigenvalue weighted by Crippen LogP contribution is -2.07. The van der Waals surface area contributed by atoms with Gasteiger partial charge < -0.3 is 9.63 Å². The highest BCUT2D eigenvalue weighted by molar-refractivity contribution is 7.54. The SMILES string of the molecule is CCOP(=O)(O)Nc1nc(OCc2cccc(F)c2)ncc1F. The summed E-state index contributed by atoms with van der Waals surface area (Å²) < 4.78 is 48.0. The molecule has 0 saturated carbocycles. The molecule has 1 unspecified atom stereocenters. The van der Waals surface area contributed by atoms with Gasteiger partial charge in [0.05, 0.1) is 12.8 Å². The lowest BCUT2D eigenvalue weighted by Gasteiger charge is -2.13. The second kappa shape index (κ2) is 7.45. The molecule has 1 atom stereocenters. The van der Waals surface area contributed by atoms with Crippen LogP contribution in [0.2, 0.25) is 0 Å². The molecule has 1 aromatic heterocycles. The van der Waals surface area contributed by atoms with Crippen LogP contribution >= 0.6 is 7.75 Å². The Morgan fingerprint density at radius 3 is 2.87 bits per heavy atom. The van der Waals surface area contributed by atoms with E-state index in [1.54, 1.807) is 6.07 Å². The summed E-state index contributed by atoms with van der Waals surface area (Å²) in [4.78, 5) is 16.7. The number of benzene rings is 1. The monoisotopic (exact) mass is 345 g/mol. The minimum absolute atomic E-state index is 0.0452. The van der Waals surface area contributed by atoms with Gasteiger partial charge >= 0.3 is 13.8 Å². The molecular formula is C13H14F2N3O4P. The van der Waals surface area contributed by atoms with E-state index < -0.39 is 25.2 Å². The number of rotatable bonds is 7. The van der Waals surface area contributed by atoms with Crippen LogP contribution in [0.3, 0.4) is 0 Å². The number of ether oxygens (including phenoxy) is 1. The number of hydrogen-bond acceptors (Lipinski definition) is 5. The van der Waals surface area contributed by atoms with Crippen molar-refractivity contribution in [1.82, 2.24) is 9.97 Å². The second-order valence-corrected chi connectivity index (χ2v) is 5.84. The quantitative estimate of drug-likeness (QED) is 0.745. The van der Waals surface area contributed by atoms with Crippen LogP contribution in [0.4, 0.5) is 14.6 Å². The van der Waals surface area contributed by atoms with Crippen LogP contribution in [0.25, 0.3) is 0 Å². The number of anilines is 1. The van der Waals surface area contributed by atoms with Gasteiger partial charge in [0.1, 0.15) is 12.4 Å². The Bertz CT molecular complexity index is 732. The average Bonchev–Trinajstić information content (AvgIpc) is 2.48. The summed E-state index contributed by atoms with van der Waals surface area (Å²) in [5.74, 6) is -1.91. The summed E-state index contributed by atoms with van der Waals surface area (Å²) in [5, 5.41) is 1.96. The Morgan fingerprint density at radius 1 is 1.39 bits per heavy atom. The predicted molar refractivity (Wildman–Crippen MR) is 77.8 cm³/mol. The van der Waals surface area contributed by atoms with Gasteiger partial charge in [-0.15, -0.1) is 0 Å². The molecule has 10 heteroatoms. The van der Waals surface area contributed by atoms with E-state index in [1.165, 1.54) is 25.1 Å². The van der Waals surface area contributed by atoms with Crippen LogP contribution in [0.15, 0.2) is 30.5 Å². The summed E-state index contributed by atoms with van der Waals surface area (Å²) in [6.07, 6.45) is 0.780. The molecule has 0 bridgehead atoms. The fourth-order valence-electron chi connectivity index (χ4n) is 1.61. The molecule has 0 amide bonds. The Balaban J connectivity index is 2.09. The third kappa shape index (κ3) is 5.24. The van der Waals surface area contributed by atoms with Crippen LogP contribution in [-0.4, -0.2) is 21.5 Å². The van der Waals surface area contributed by atoms with Crippen molar-refractivity contribution >= 4 is 13.6 Å². The van der Waals surface area contributed by atoms with E-state index in [4.69, 9.17) is 4.74 Å². The highest BCUT2D eigenvalue weighted by Crippen LogP contribution is 2.41. The van der Waals surface area contributed by atoms with Crippen molar-refractivity contribution in [3.63, 3.8) is 0 Å². The molecule has 124 valence electrons. The first-order valence-electron chi connectivity index (χ1n) is 6.55. The average molecular weight is 345 g/mol. The van der Waals surface area contributed by atoms with E-state index in [0.29, 0.717) is 5.56 Å². The van der Waals surface area contributed by atoms with Crippen molar-refractivity contribution in [1.29, 1.82) is 0 Å². The first kappa shape index (κ1) is 17.3. The standard InChI is InChI=1S/C13H14F2N3O4P/c1-2-22-23(19,20)18-12-11(15)7-16-13(17-12)21-8-9-4-3-5-10(14)6-9/h3-7H,2,8H2,1H3,(H2,16,17,18,19,20). The van der Waals surface area contributed by atoms with Gasteiger partial charge in [0, 0.05) is 0 Å². The van der Waals surface area contributed by atoms with Crippen molar-refractivity contribution in [2.24, 2.45) is 0 Å². The number of halogens is 2. The van der Waals surface area contributed by atoms with Crippen LogP contribution in [0.5, 0.6) is 6.01 Å². The summed E-state index contributed by atoms with van der Waals surface area (Å²) in [6.45, 7) is 1.41. The number of nitrogens with one attached hydrogen (secondary N) is 1. The van der Waals surface area contributed by atoms with E-state index >= 15 is 0 Å². The van der Waals surface area contributed by atoms with Crippen LogP contribution in [-0.2, 0) is 15.7 Å². The number of nitrogens with zero attached hydrogens (tertiary/aromatic N) is 2. The Hall–Kier alpha value is -2.09. The minimum Gasteiger partial charge on any atom is -0.459 e. The number of hydrogen-bond donors (Lipinski definition) is 2. The van der Waals surface area contributed by atoms with Gasteiger partial charge in [0.25, 0.3) is 0 Å². The molecule has 0 radical (unpaired) electrons. The third-order valence-electron chi connectivity index (χ3n) is 2.53. The molecule has 2 aromatic rings. The highest BCUT2D eigenvalue weighted by atomic mass is 31.2. The number of aromatic nitrogens is 2. The first-order valence-corrected chi connectivity index (χ1v) is 8.13. The topological polar surface area (TPSA) is 93.6 Å². The highest BCUT2D eigenvalue weighted by Gasteiger charge is 2.22.